The number of aromatic nitrogens is 3. The Morgan fingerprint density at radius 3 is 3.14 bits per heavy atom. The molecule has 0 aliphatic carbocycles. The van der Waals surface area contributed by atoms with E-state index < -0.39 is 0 Å². The topological polar surface area (TPSA) is 81.4 Å². The van der Waals surface area contributed by atoms with Gasteiger partial charge in [-0.1, -0.05) is 5.16 Å². The van der Waals surface area contributed by atoms with Gasteiger partial charge in [-0.25, -0.2) is 9.97 Å². The minimum Gasteiger partial charge on any atom is -0.375 e. The van der Waals surface area contributed by atoms with Crippen LogP contribution in [0.2, 0.25) is 0 Å². The summed E-state index contributed by atoms with van der Waals surface area (Å²) in [4.78, 5) is 22.2. The summed E-state index contributed by atoms with van der Waals surface area (Å²) in [6.45, 7) is 3.46. The number of aryl methyl sites for hydroxylation is 2. The Balaban J connectivity index is 1.56. The predicted molar refractivity (Wildman–Crippen MR) is 77.2 cm³/mol. The van der Waals surface area contributed by atoms with Gasteiger partial charge in [-0.2, -0.15) is 0 Å². The Morgan fingerprint density at radius 2 is 2.41 bits per heavy atom. The van der Waals surface area contributed by atoms with Crippen molar-refractivity contribution in [1.29, 1.82) is 0 Å². The van der Waals surface area contributed by atoms with Gasteiger partial charge < -0.3 is 14.2 Å². The molecule has 0 saturated carbocycles. The molecule has 22 heavy (non-hydrogen) atoms. The molecule has 3 rings (SSSR count). The van der Waals surface area contributed by atoms with E-state index in [1.807, 2.05) is 6.07 Å². The number of rotatable bonds is 4. The van der Waals surface area contributed by atoms with E-state index in [4.69, 9.17) is 9.26 Å². The van der Waals surface area contributed by atoms with Crippen molar-refractivity contribution in [1.82, 2.24) is 20.0 Å². The summed E-state index contributed by atoms with van der Waals surface area (Å²) in [6, 6.07) is 3.55. The Hall–Kier alpha value is -2.28. The van der Waals surface area contributed by atoms with E-state index in [2.05, 4.69) is 15.1 Å². The van der Waals surface area contributed by atoms with Crippen LogP contribution in [0.5, 0.6) is 0 Å². The van der Waals surface area contributed by atoms with Gasteiger partial charge in [0, 0.05) is 31.0 Å². The second-order valence-electron chi connectivity index (χ2n) is 5.32. The van der Waals surface area contributed by atoms with Crippen molar-refractivity contribution < 1.29 is 14.1 Å². The lowest BCUT2D eigenvalue weighted by Crippen LogP contribution is -2.45. The molecule has 1 saturated heterocycles. The number of carbonyl (C=O) groups excluding carboxylic acids is 1. The highest BCUT2D eigenvalue weighted by Crippen LogP contribution is 2.15. The fourth-order valence-corrected chi connectivity index (χ4v) is 2.47. The lowest BCUT2D eigenvalue weighted by molar-refractivity contribution is -0.0258. The van der Waals surface area contributed by atoms with Crippen LogP contribution in [0.4, 0.5) is 0 Å². The lowest BCUT2D eigenvalue weighted by Gasteiger charge is -2.32. The van der Waals surface area contributed by atoms with E-state index in [1.54, 1.807) is 30.4 Å². The van der Waals surface area contributed by atoms with Gasteiger partial charge in [0.15, 0.2) is 0 Å². The molecule has 1 aliphatic heterocycles. The van der Waals surface area contributed by atoms with Crippen LogP contribution in [0.3, 0.4) is 0 Å². The second kappa shape index (κ2) is 6.65. The van der Waals surface area contributed by atoms with Crippen LogP contribution in [0.1, 0.15) is 28.4 Å². The summed E-state index contributed by atoms with van der Waals surface area (Å²) in [5, 5.41) is 3.76. The Bertz CT molecular complexity index is 629. The van der Waals surface area contributed by atoms with Crippen molar-refractivity contribution in [3.63, 3.8) is 0 Å². The van der Waals surface area contributed by atoms with Gasteiger partial charge in [0.05, 0.1) is 18.4 Å². The summed E-state index contributed by atoms with van der Waals surface area (Å²) < 4.78 is 10.8. The fourth-order valence-electron chi connectivity index (χ4n) is 2.47. The first-order chi connectivity index (χ1) is 10.7. The van der Waals surface area contributed by atoms with Crippen molar-refractivity contribution in [2.45, 2.75) is 25.9 Å². The first-order valence-corrected chi connectivity index (χ1v) is 7.31. The number of morpholine rings is 1. The molecule has 2 aromatic rings. The van der Waals surface area contributed by atoms with Gasteiger partial charge >= 0.3 is 0 Å². The zero-order valence-corrected chi connectivity index (χ0v) is 12.4. The molecular weight excluding hydrogens is 284 g/mol. The van der Waals surface area contributed by atoms with Gasteiger partial charge in [0.1, 0.15) is 6.33 Å². The molecule has 1 aliphatic rings. The van der Waals surface area contributed by atoms with E-state index in [1.165, 1.54) is 0 Å². The largest absolute Gasteiger partial charge is 0.375 e. The Labute approximate surface area is 128 Å². The maximum absolute atomic E-state index is 12.3. The van der Waals surface area contributed by atoms with Gasteiger partial charge in [-0.3, -0.25) is 4.79 Å². The fraction of sp³-hybridized carbons (Fsp3) is 0.467. The molecular formula is C15H18N4O3. The first kappa shape index (κ1) is 14.6. The third-order valence-corrected chi connectivity index (χ3v) is 3.63. The third kappa shape index (κ3) is 3.48. The minimum absolute atomic E-state index is 0.0108. The number of nitrogens with zero attached hydrogens (tertiary/aromatic N) is 4. The number of ether oxygens (including phenoxy) is 1. The summed E-state index contributed by atoms with van der Waals surface area (Å²) in [7, 11) is 0. The van der Waals surface area contributed by atoms with Crippen LogP contribution in [0.15, 0.2) is 29.2 Å². The summed E-state index contributed by atoms with van der Waals surface area (Å²) >= 11 is 0. The molecule has 0 N–H and O–H groups in total. The Kier molecular flexibility index (Phi) is 4.43. The number of hydrogen-bond donors (Lipinski definition) is 0. The normalized spacial score (nSPS) is 18.4. The van der Waals surface area contributed by atoms with Crippen molar-refractivity contribution in [3.05, 3.63) is 41.8 Å². The average molecular weight is 302 g/mol. The molecule has 0 unspecified atom stereocenters. The van der Waals surface area contributed by atoms with Crippen molar-refractivity contribution in [2.24, 2.45) is 0 Å². The van der Waals surface area contributed by atoms with E-state index in [-0.39, 0.29) is 17.8 Å². The second-order valence-corrected chi connectivity index (χ2v) is 5.32. The maximum atomic E-state index is 12.3. The van der Waals surface area contributed by atoms with Crippen LogP contribution in [-0.4, -0.2) is 51.7 Å². The van der Waals surface area contributed by atoms with Crippen molar-refractivity contribution in [2.75, 3.05) is 19.7 Å². The monoisotopic (exact) mass is 302 g/mol. The zero-order valence-electron chi connectivity index (χ0n) is 12.4. The molecule has 1 fully saturated rings. The van der Waals surface area contributed by atoms with Crippen LogP contribution in [0.25, 0.3) is 0 Å². The van der Waals surface area contributed by atoms with Gasteiger partial charge in [0.2, 0.25) is 5.76 Å². The summed E-state index contributed by atoms with van der Waals surface area (Å²) in [5.41, 5.74) is 1.69. The third-order valence-electron chi connectivity index (χ3n) is 3.63. The van der Waals surface area contributed by atoms with Crippen molar-refractivity contribution >= 4 is 5.91 Å². The molecule has 0 radical (unpaired) electrons. The van der Waals surface area contributed by atoms with Crippen LogP contribution in [0, 0.1) is 6.92 Å². The van der Waals surface area contributed by atoms with Crippen LogP contribution >= 0.6 is 0 Å². The van der Waals surface area contributed by atoms with Crippen LogP contribution < -0.4 is 0 Å². The number of hydrogen-bond acceptors (Lipinski definition) is 6. The summed E-state index contributed by atoms with van der Waals surface area (Å²) in [5.74, 6) is 0.157. The number of amides is 1. The lowest BCUT2D eigenvalue weighted by atomic mass is 10.1. The molecule has 7 heteroatoms. The molecule has 2 aromatic heterocycles. The maximum Gasteiger partial charge on any atom is 0.292 e. The SMILES string of the molecule is Cc1cc(C(=O)N2CCO[C@H](CCc3ccncn3)C2)on1. The summed E-state index contributed by atoms with van der Waals surface area (Å²) in [6.07, 6.45) is 4.90. The number of carbonyl (C=O) groups is 1. The molecule has 0 bridgehead atoms. The van der Waals surface area contributed by atoms with Crippen molar-refractivity contribution in [3.8, 4) is 0 Å². The highest BCUT2D eigenvalue weighted by atomic mass is 16.5. The quantitative estimate of drug-likeness (QED) is 0.845. The molecule has 1 amide bonds. The van der Waals surface area contributed by atoms with E-state index in [9.17, 15) is 4.79 Å². The van der Waals surface area contributed by atoms with E-state index in [0.717, 1.165) is 18.5 Å². The zero-order chi connectivity index (χ0) is 15.4. The standard InChI is InChI=1S/C15H18N4O3/c1-11-8-14(22-18-11)15(20)19-6-7-21-13(9-19)3-2-12-4-5-16-10-17-12/h4-5,8,10,13H,2-3,6-7,9H2,1H3/t13-/m1/s1. The van der Waals surface area contributed by atoms with Crippen LogP contribution in [-0.2, 0) is 11.2 Å². The molecule has 0 spiro atoms. The first-order valence-electron chi connectivity index (χ1n) is 7.31. The molecule has 3 heterocycles. The van der Waals surface area contributed by atoms with Gasteiger partial charge in [0.25, 0.3) is 5.91 Å². The molecule has 116 valence electrons. The Morgan fingerprint density at radius 1 is 1.50 bits per heavy atom. The predicted octanol–water partition coefficient (Wildman–Crippen LogP) is 1.25. The highest BCUT2D eigenvalue weighted by Gasteiger charge is 2.27. The van der Waals surface area contributed by atoms with Gasteiger partial charge in [-0.15, -0.1) is 0 Å². The van der Waals surface area contributed by atoms with E-state index >= 15 is 0 Å². The highest BCUT2D eigenvalue weighted by molar-refractivity contribution is 5.91. The van der Waals surface area contributed by atoms with E-state index in [0.29, 0.717) is 25.4 Å². The smallest absolute Gasteiger partial charge is 0.292 e. The minimum atomic E-state index is -0.129. The molecule has 0 aromatic carbocycles. The molecule has 1 atom stereocenters. The average Bonchev–Trinajstić information content (AvgIpc) is 3.00. The molecule has 7 nitrogen and oxygen atoms in total. The van der Waals surface area contributed by atoms with Gasteiger partial charge in [-0.05, 0) is 25.8 Å².